The van der Waals surface area contributed by atoms with Crippen LogP contribution in [0.3, 0.4) is 0 Å². The molecule has 0 saturated carbocycles. The van der Waals surface area contributed by atoms with Crippen molar-refractivity contribution in [2.24, 2.45) is 0 Å². The number of sulfonamides is 1. The molecule has 2 aromatic rings. The monoisotopic (exact) mass is 488 g/mol. The second kappa shape index (κ2) is 11.3. The molecule has 1 aliphatic heterocycles. The summed E-state index contributed by atoms with van der Waals surface area (Å²) in [6.07, 6.45) is 1.51. The van der Waals surface area contributed by atoms with Gasteiger partial charge in [-0.15, -0.1) is 0 Å². The summed E-state index contributed by atoms with van der Waals surface area (Å²) < 4.78 is 32.1. The Balaban J connectivity index is 1.82. The topological polar surface area (TPSA) is 108 Å². The van der Waals surface area contributed by atoms with Crippen LogP contribution in [0.2, 0.25) is 0 Å². The molecule has 9 nitrogen and oxygen atoms in total. The Labute approximate surface area is 201 Å². The highest BCUT2D eigenvalue weighted by Crippen LogP contribution is 2.28. The zero-order valence-corrected chi connectivity index (χ0v) is 20.7. The van der Waals surface area contributed by atoms with Crippen LogP contribution < -0.4 is 15.5 Å². The average molecular weight is 489 g/mol. The van der Waals surface area contributed by atoms with Gasteiger partial charge in [0.1, 0.15) is 0 Å². The molecule has 0 unspecified atom stereocenters. The summed E-state index contributed by atoms with van der Waals surface area (Å²) in [4.78, 5) is 26.8. The Morgan fingerprint density at radius 2 is 1.68 bits per heavy atom. The average Bonchev–Trinajstić information content (AvgIpc) is 3.38. The molecule has 0 spiro atoms. The van der Waals surface area contributed by atoms with Crippen LogP contribution in [0.4, 0.5) is 16.2 Å². The number of rotatable bonds is 9. The highest BCUT2D eigenvalue weighted by atomic mass is 32.2. The molecule has 2 N–H and O–H groups in total. The van der Waals surface area contributed by atoms with Crippen molar-refractivity contribution in [3.63, 3.8) is 0 Å². The van der Waals surface area contributed by atoms with Crippen LogP contribution >= 0.6 is 0 Å². The van der Waals surface area contributed by atoms with Gasteiger partial charge < -0.3 is 15.0 Å². The van der Waals surface area contributed by atoms with Crippen molar-refractivity contribution in [3.05, 3.63) is 53.6 Å². The first-order chi connectivity index (χ1) is 16.3. The minimum absolute atomic E-state index is 0.113. The number of hydrogen-bond donors (Lipinski definition) is 2. The first-order valence-corrected chi connectivity index (χ1v) is 12.8. The molecule has 0 atom stereocenters. The Morgan fingerprint density at radius 3 is 2.26 bits per heavy atom. The molecule has 0 aromatic heterocycles. The van der Waals surface area contributed by atoms with Gasteiger partial charge in [-0.05, 0) is 48.7 Å². The standard InChI is InChI=1S/C24H32N4O5S/c1-4-28(5-2)34(31,32)20-12-13-22(27-14-6-7-15-27)21(16-20)23(29)25-17-18-8-10-19(11-9-18)26-24(30)33-3/h8-13,16H,4-7,14-15,17H2,1-3H3,(H,25,29)(H,26,30). The SMILES string of the molecule is CCN(CC)S(=O)(=O)c1ccc(N2CCCC2)c(C(=O)NCc2ccc(NC(=O)OC)cc2)c1. The first kappa shape index (κ1) is 25.5. The summed E-state index contributed by atoms with van der Waals surface area (Å²) in [6.45, 7) is 6.21. The molecule has 0 aliphatic carbocycles. The molecule has 0 radical (unpaired) electrons. The Bertz CT molecular complexity index is 1110. The Kier molecular flexibility index (Phi) is 8.51. The molecule has 10 heteroatoms. The van der Waals surface area contributed by atoms with Crippen molar-refractivity contribution < 1.29 is 22.7 Å². The number of hydrogen-bond acceptors (Lipinski definition) is 6. The van der Waals surface area contributed by atoms with E-state index in [1.807, 2.05) is 0 Å². The lowest BCUT2D eigenvalue weighted by atomic mass is 10.1. The third kappa shape index (κ3) is 5.87. The van der Waals surface area contributed by atoms with E-state index < -0.39 is 16.1 Å². The largest absolute Gasteiger partial charge is 0.453 e. The van der Waals surface area contributed by atoms with Gasteiger partial charge in [-0.2, -0.15) is 4.31 Å². The lowest BCUT2D eigenvalue weighted by Gasteiger charge is -2.23. The summed E-state index contributed by atoms with van der Waals surface area (Å²) in [5.41, 5.74) is 2.50. The Morgan fingerprint density at radius 1 is 1.03 bits per heavy atom. The van der Waals surface area contributed by atoms with Gasteiger partial charge in [0, 0.05) is 44.1 Å². The van der Waals surface area contributed by atoms with E-state index in [2.05, 4.69) is 20.3 Å². The minimum Gasteiger partial charge on any atom is -0.453 e. The number of carbonyl (C=O) groups is 2. The predicted octanol–water partition coefficient (Wildman–Crippen LogP) is 3.43. The zero-order valence-electron chi connectivity index (χ0n) is 19.8. The van der Waals surface area contributed by atoms with Crippen LogP contribution in [-0.2, 0) is 21.3 Å². The minimum atomic E-state index is -3.69. The van der Waals surface area contributed by atoms with Crippen molar-refractivity contribution >= 4 is 33.4 Å². The number of ether oxygens (including phenoxy) is 1. The van der Waals surface area contributed by atoms with E-state index in [1.54, 1.807) is 50.2 Å². The van der Waals surface area contributed by atoms with Crippen LogP contribution in [0.25, 0.3) is 0 Å². The van der Waals surface area contributed by atoms with Crippen LogP contribution in [0.5, 0.6) is 0 Å². The van der Waals surface area contributed by atoms with Crippen LogP contribution in [-0.4, -0.2) is 58.0 Å². The van der Waals surface area contributed by atoms with Crippen molar-refractivity contribution in [3.8, 4) is 0 Å². The number of anilines is 2. The maximum absolute atomic E-state index is 13.2. The van der Waals surface area contributed by atoms with Crippen molar-refractivity contribution in [2.75, 3.05) is 43.5 Å². The maximum atomic E-state index is 13.2. The van der Waals surface area contributed by atoms with Gasteiger partial charge in [-0.3, -0.25) is 10.1 Å². The molecule has 3 rings (SSSR count). The summed E-state index contributed by atoms with van der Waals surface area (Å²) in [7, 11) is -2.40. The van der Waals surface area contributed by atoms with Crippen molar-refractivity contribution in [1.29, 1.82) is 0 Å². The predicted molar refractivity (Wildman–Crippen MR) is 132 cm³/mol. The number of benzene rings is 2. The fraction of sp³-hybridized carbons (Fsp3) is 0.417. The van der Waals surface area contributed by atoms with E-state index in [1.165, 1.54) is 17.5 Å². The lowest BCUT2D eigenvalue weighted by molar-refractivity contribution is 0.0951. The maximum Gasteiger partial charge on any atom is 0.411 e. The first-order valence-electron chi connectivity index (χ1n) is 11.4. The number of methoxy groups -OCH3 is 1. The molecule has 0 bridgehead atoms. The quantitative estimate of drug-likeness (QED) is 0.560. The van der Waals surface area contributed by atoms with Crippen molar-refractivity contribution in [2.45, 2.75) is 38.1 Å². The van der Waals surface area contributed by atoms with Crippen LogP contribution in [0.1, 0.15) is 42.6 Å². The third-order valence-corrected chi connectivity index (χ3v) is 7.89. The van der Waals surface area contributed by atoms with Gasteiger partial charge in [0.2, 0.25) is 10.0 Å². The van der Waals surface area contributed by atoms with Gasteiger partial charge in [-0.1, -0.05) is 26.0 Å². The number of nitrogens with zero attached hydrogens (tertiary/aromatic N) is 2. The second-order valence-corrected chi connectivity index (χ2v) is 9.90. The molecule has 1 heterocycles. The smallest absolute Gasteiger partial charge is 0.411 e. The van der Waals surface area contributed by atoms with Gasteiger partial charge in [0.25, 0.3) is 5.91 Å². The van der Waals surface area contributed by atoms with Gasteiger partial charge in [-0.25, -0.2) is 13.2 Å². The highest BCUT2D eigenvalue weighted by Gasteiger charge is 2.26. The molecule has 2 aromatic carbocycles. The van der Waals surface area contributed by atoms with E-state index in [4.69, 9.17) is 0 Å². The Hall–Kier alpha value is -3.11. The molecule has 184 valence electrons. The van der Waals surface area contributed by atoms with Crippen LogP contribution in [0, 0.1) is 0 Å². The summed E-state index contributed by atoms with van der Waals surface area (Å²) in [5.74, 6) is -0.338. The number of amides is 2. The molecule has 1 aliphatic rings. The lowest BCUT2D eigenvalue weighted by Crippen LogP contribution is -2.32. The molecule has 1 saturated heterocycles. The van der Waals surface area contributed by atoms with E-state index in [9.17, 15) is 18.0 Å². The summed E-state index contributed by atoms with van der Waals surface area (Å²) in [5, 5.41) is 5.47. The van der Waals surface area contributed by atoms with Gasteiger partial charge in [0.15, 0.2) is 0 Å². The summed E-state index contributed by atoms with van der Waals surface area (Å²) in [6, 6.07) is 11.8. The molecule has 34 heavy (non-hydrogen) atoms. The van der Waals surface area contributed by atoms with E-state index in [-0.39, 0.29) is 17.3 Å². The van der Waals surface area contributed by atoms with Gasteiger partial charge in [0.05, 0.1) is 17.6 Å². The second-order valence-electron chi connectivity index (χ2n) is 7.96. The molecular weight excluding hydrogens is 456 g/mol. The fourth-order valence-corrected chi connectivity index (χ4v) is 5.44. The van der Waals surface area contributed by atoms with E-state index >= 15 is 0 Å². The highest BCUT2D eigenvalue weighted by molar-refractivity contribution is 7.89. The molecular formula is C24H32N4O5S. The zero-order chi connectivity index (χ0) is 24.7. The normalized spacial score (nSPS) is 13.7. The third-order valence-electron chi connectivity index (χ3n) is 5.84. The summed E-state index contributed by atoms with van der Waals surface area (Å²) >= 11 is 0. The van der Waals surface area contributed by atoms with Crippen LogP contribution in [0.15, 0.2) is 47.4 Å². The van der Waals surface area contributed by atoms with E-state index in [0.717, 1.165) is 37.2 Å². The number of carbonyl (C=O) groups excluding carboxylic acids is 2. The molecule has 1 fully saturated rings. The number of nitrogens with one attached hydrogen (secondary N) is 2. The van der Waals surface area contributed by atoms with Crippen molar-refractivity contribution in [1.82, 2.24) is 9.62 Å². The van der Waals surface area contributed by atoms with E-state index in [0.29, 0.717) is 24.3 Å². The molecule has 2 amide bonds. The fourth-order valence-electron chi connectivity index (χ4n) is 3.96. The van der Waals surface area contributed by atoms with Gasteiger partial charge >= 0.3 is 6.09 Å².